The molecule has 21 heavy (non-hydrogen) atoms. The number of hydrogen-bond donors (Lipinski definition) is 1. The van der Waals surface area contributed by atoms with Crippen LogP contribution in [0.4, 0.5) is 0 Å². The van der Waals surface area contributed by atoms with E-state index in [4.69, 9.17) is 0 Å². The lowest BCUT2D eigenvalue weighted by atomic mass is 9.81. The number of hydrogen-bond acceptors (Lipinski definition) is 1. The third-order valence-electron chi connectivity index (χ3n) is 4.50. The van der Waals surface area contributed by atoms with E-state index >= 15 is 0 Å². The topological polar surface area (TPSA) is 12.0 Å². The van der Waals surface area contributed by atoms with E-state index in [-0.39, 0.29) is 5.41 Å². The van der Waals surface area contributed by atoms with Crippen molar-refractivity contribution in [2.75, 3.05) is 0 Å². The summed E-state index contributed by atoms with van der Waals surface area (Å²) in [5.41, 5.74) is 4.58. The lowest BCUT2D eigenvalue weighted by molar-refractivity contribution is 0.249. The quantitative estimate of drug-likeness (QED) is 0.829. The first-order valence-electron chi connectivity index (χ1n) is 7.94. The van der Waals surface area contributed by atoms with Crippen LogP contribution in [-0.2, 0) is 6.42 Å². The molecule has 0 radical (unpaired) electrons. The van der Waals surface area contributed by atoms with Crippen molar-refractivity contribution in [1.82, 2.24) is 5.32 Å². The van der Waals surface area contributed by atoms with E-state index < -0.39 is 0 Å². The Labute approximate surface area is 128 Å². The van der Waals surface area contributed by atoms with Gasteiger partial charge in [-0.25, -0.2) is 0 Å². The first kappa shape index (κ1) is 14.3. The molecule has 0 fully saturated rings. The van der Waals surface area contributed by atoms with Crippen molar-refractivity contribution in [1.29, 1.82) is 0 Å². The molecule has 1 nitrogen and oxygen atoms in total. The normalized spacial score (nSPS) is 19.3. The summed E-state index contributed by atoms with van der Waals surface area (Å²) >= 11 is 0. The molecular formula is C20H25N. The van der Waals surface area contributed by atoms with Gasteiger partial charge in [-0.15, -0.1) is 0 Å². The molecule has 2 aromatic rings. The van der Waals surface area contributed by atoms with Gasteiger partial charge in [0.1, 0.15) is 0 Å². The Balaban J connectivity index is 1.87. The Morgan fingerprint density at radius 2 is 1.62 bits per heavy atom. The van der Waals surface area contributed by atoms with Crippen LogP contribution in [-0.4, -0.2) is 0 Å². The maximum absolute atomic E-state index is 3.93. The van der Waals surface area contributed by atoms with Crippen LogP contribution < -0.4 is 5.32 Å². The van der Waals surface area contributed by atoms with E-state index in [0.29, 0.717) is 12.1 Å². The summed E-state index contributed by atoms with van der Waals surface area (Å²) in [6.45, 7) is 6.95. The molecule has 1 aliphatic carbocycles. The fourth-order valence-electron chi connectivity index (χ4n) is 3.42. The van der Waals surface area contributed by atoms with Gasteiger partial charge in [-0.05, 0) is 34.9 Å². The molecule has 2 aromatic carbocycles. The van der Waals surface area contributed by atoms with Crippen LogP contribution in [0.1, 0.15) is 56.0 Å². The average molecular weight is 279 g/mol. The lowest BCUT2D eigenvalue weighted by Gasteiger charge is -2.35. The molecule has 0 aromatic heterocycles. The lowest BCUT2D eigenvalue weighted by Crippen LogP contribution is -2.34. The summed E-state index contributed by atoms with van der Waals surface area (Å²) in [4.78, 5) is 0. The van der Waals surface area contributed by atoms with Gasteiger partial charge in [0, 0.05) is 12.1 Å². The monoisotopic (exact) mass is 279 g/mol. The Morgan fingerprint density at radius 3 is 2.33 bits per heavy atom. The molecule has 0 bridgehead atoms. The van der Waals surface area contributed by atoms with Crippen LogP contribution in [0, 0.1) is 5.41 Å². The van der Waals surface area contributed by atoms with E-state index in [1.807, 2.05) is 0 Å². The zero-order valence-electron chi connectivity index (χ0n) is 13.3. The van der Waals surface area contributed by atoms with Crippen molar-refractivity contribution in [3.05, 3.63) is 71.3 Å². The molecule has 0 spiro atoms. The molecule has 0 heterocycles. The van der Waals surface area contributed by atoms with Crippen molar-refractivity contribution in [2.24, 2.45) is 5.41 Å². The molecule has 0 saturated heterocycles. The second kappa shape index (κ2) is 5.65. The summed E-state index contributed by atoms with van der Waals surface area (Å²) in [5, 5.41) is 3.93. The highest BCUT2D eigenvalue weighted by Gasteiger charge is 2.31. The molecule has 0 aliphatic heterocycles. The van der Waals surface area contributed by atoms with Gasteiger partial charge in [-0.1, -0.05) is 75.4 Å². The Hall–Kier alpha value is -1.60. The third-order valence-corrected chi connectivity index (χ3v) is 4.50. The third kappa shape index (κ3) is 3.03. The van der Waals surface area contributed by atoms with E-state index in [1.54, 1.807) is 0 Å². The predicted octanol–water partition coefficient (Wildman–Crippen LogP) is 5.05. The molecule has 110 valence electrons. The minimum absolute atomic E-state index is 0.193. The standard InChI is InChI=1S/C20H25N/c1-20(2,3)19(16-10-5-4-6-11-16)21-18-14-13-15-9-7-8-12-17(15)18/h4-12,18-19,21H,13-14H2,1-3H3. The second-order valence-corrected chi connectivity index (χ2v) is 7.17. The van der Waals surface area contributed by atoms with Crippen LogP contribution in [0.2, 0.25) is 0 Å². The fourth-order valence-corrected chi connectivity index (χ4v) is 3.42. The summed E-state index contributed by atoms with van der Waals surface area (Å²) in [7, 11) is 0. The van der Waals surface area contributed by atoms with Gasteiger partial charge >= 0.3 is 0 Å². The SMILES string of the molecule is CC(C)(C)C(NC1CCc2ccccc21)c1ccccc1. The molecule has 1 N–H and O–H groups in total. The molecule has 2 unspecified atom stereocenters. The van der Waals surface area contributed by atoms with Gasteiger partial charge in [0.2, 0.25) is 0 Å². The highest BCUT2D eigenvalue weighted by molar-refractivity contribution is 5.35. The molecule has 1 heteroatoms. The predicted molar refractivity (Wildman–Crippen MR) is 89.3 cm³/mol. The van der Waals surface area contributed by atoms with Crippen LogP contribution >= 0.6 is 0 Å². The number of aryl methyl sites for hydroxylation is 1. The number of benzene rings is 2. The molecule has 0 saturated carbocycles. The van der Waals surface area contributed by atoms with Crippen molar-refractivity contribution >= 4 is 0 Å². The van der Waals surface area contributed by atoms with Gasteiger partial charge < -0.3 is 5.32 Å². The molecule has 2 atom stereocenters. The maximum atomic E-state index is 3.93. The van der Waals surface area contributed by atoms with Gasteiger partial charge in [0.05, 0.1) is 0 Å². The maximum Gasteiger partial charge on any atom is 0.0374 e. The molecule has 0 amide bonds. The highest BCUT2D eigenvalue weighted by Crippen LogP contribution is 2.38. The minimum Gasteiger partial charge on any atom is -0.303 e. The van der Waals surface area contributed by atoms with E-state index in [9.17, 15) is 0 Å². The Kier molecular flexibility index (Phi) is 3.86. The van der Waals surface area contributed by atoms with Gasteiger partial charge in [-0.3, -0.25) is 0 Å². The van der Waals surface area contributed by atoms with E-state index in [1.165, 1.54) is 29.5 Å². The number of rotatable bonds is 3. The smallest absolute Gasteiger partial charge is 0.0374 e. The Bertz CT molecular complexity index is 595. The summed E-state index contributed by atoms with van der Waals surface area (Å²) < 4.78 is 0. The fraction of sp³-hybridized carbons (Fsp3) is 0.400. The van der Waals surface area contributed by atoms with Gasteiger partial charge in [-0.2, -0.15) is 0 Å². The molecule has 3 rings (SSSR count). The number of fused-ring (bicyclic) bond motifs is 1. The highest BCUT2D eigenvalue weighted by atomic mass is 15.0. The van der Waals surface area contributed by atoms with Gasteiger partial charge in [0.25, 0.3) is 0 Å². The van der Waals surface area contributed by atoms with Crippen molar-refractivity contribution in [3.8, 4) is 0 Å². The first-order chi connectivity index (χ1) is 10.1. The zero-order chi connectivity index (χ0) is 14.9. The van der Waals surface area contributed by atoms with Crippen molar-refractivity contribution < 1.29 is 0 Å². The number of nitrogens with one attached hydrogen (secondary N) is 1. The second-order valence-electron chi connectivity index (χ2n) is 7.17. The minimum atomic E-state index is 0.193. The van der Waals surface area contributed by atoms with Crippen molar-refractivity contribution in [3.63, 3.8) is 0 Å². The molecular weight excluding hydrogens is 254 g/mol. The van der Waals surface area contributed by atoms with Crippen LogP contribution in [0.15, 0.2) is 54.6 Å². The van der Waals surface area contributed by atoms with Crippen LogP contribution in [0.5, 0.6) is 0 Å². The van der Waals surface area contributed by atoms with Crippen LogP contribution in [0.3, 0.4) is 0 Å². The zero-order valence-corrected chi connectivity index (χ0v) is 13.3. The van der Waals surface area contributed by atoms with E-state index in [2.05, 4.69) is 80.7 Å². The Morgan fingerprint density at radius 1 is 0.952 bits per heavy atom. The summed E-state index contributed by atoms with van der Waals surface area (Å²) in [5.74, 6) is 0. The van der Waals surface area contributed by atoms with Crippen LogP contribution in [0.25, 0.3) is 0 Å². The van der Waals surface area contributed by atoms with Crippen molar-refractivity contribution in [2.45, 2.75) is 45.7 Å². The first-order valence-corrected chi connectivity index (χ1v) is 7.94. The largest absolute Gasteiger partial charge is 0.303 e. The molecule has 1 aliphatic rings. The summed E-state index contributed by atoms with van der Waals surface area (Å²) in [6, 6.07) is 20.6. The summed E-state index contributed by atoms with van der Waals surface area (Å²) in [6.07, 6.45) is 2.40. The average Bonchev–Trinajstić information content (AvgIpc) is 2.88. The van der Waals surface area contributed by atoms with E-state index in [0.717, 1.165) is 0 Å². The van der Waals surface area contributed by atoms with Gasteiger partial charge in [0.15, 0.2) is 0 Å².